The van der Waals surface area contributed by atoms with E-state index >= 15 is 0 Å². The van der Waals surface area contributed by atoms with Gasteiger partial charge in [0.15, 0.2) is 5.65 Å². The van der Waals surface area contributed by atoms with Gasteiger partial charge in [0.25, 0.3) is 5.56 Å². The Morgan fingerprint density at radius 1 is 0.925 bits per heavy atom. The van der Waals surface area contributed by atoms with E-state index in [9.17, 15) is 13.2 Å². The van der Waals surface area contributed by atoms with Crippen molar-refractivity contribution in [3.8, 4) is 0 Å². The summed E-state index contributed by atoms with van der Waals surface area (Å²) in [5.74, 6) is 0.567. The van der Waals surface area contributed by atoms with Crippen LogP contribution in [0.1, 0.15) is 95.3 Å². The first-order valence-electron chi connectivity index (χ1n) is 15.1. The van der Waals surface area contributed by atoms with Crippen LogP contribution in [-0.4, -0.2) is 70.6 Å². The van der Waals surface area contributed by atoms with Crippen molar-refractivity contribution in [1.82, 2.24) is 29.0 Å². The van der Waals surface area contributed by atoms with E-state index < -0.39 is 10.0 Å². The van der Waals surface area contributed by atoms with Crippen molar-refractivity contribution in [3.63, 3.8) is 0 Å². The van der Waals surface area contributed by atoms with Crippen molar-refractivity contribution in [2.75, 3.05) is 33.2 Å². The molecule has 1 aliphatic heterocycles. The predicted molar refractivity (Wildman–Crippen MR) is 160 cm³/mol. The SMILES string of the molecule is CCCCCCC(CCC)n1nc(CCC)c2c(=O)[nH]c(Cc3ccc(S(=O)(=O)N4CCN(C)CC4)cc3)nc21. The number of unbranched alkanes of at least 4 members (excludes halogenated alkanes) is 3. The van der Waals surface area contributed by atoms with E-state index in [0.29, 0.717) is 41.3 Å². The Balaban J connectivity index is 1.60. The van der Waals surface area contributed by atoms with Gasteiger partial charge in [0.1, 0.15) is 11.2 Å². The molecule has 4 rings (SSSR count). The molecule has 1 aliphatic rings. The second kappa shape index (κ2) is 13.9. The number of sulfonamides is 1. The van der Waals surface area contributed by atoms with Crippen LogP contribution in [0.2, 0.25) is 0 Å². The smallest absolute Gasteiger partial charge is 0.262 e. The van der Waals surface area contributed by atoms with Gasteiger partial charge in [0.05, 0.1) is 16.6 Å². The van der Waals surface area contributed by atoms with Gasteiger partial charge in [-0.1, -0.05) is 71.4 Å². The Kier molecular flexibility index (Phi) is 10.5. The van der Waals surface area contributed by atoms with E-state index in [-0.39, 0.29) is 11.6 Å². The maximum Gasteiger partial charge on any atom is 0.262 e. The number of benzene rings is 1. The molecule has 1 fully saturated rings. The third-order valence-electron chi connectivity index (χ3n) is 7.92. The van der Waals surface area contributed by atoms with E-state index in [0.717, 1.165) is 62.9 Å². The molecule has 10 heteroatoms. The third-order valence-corrected chi connectivity index (χ3v) is 9.84. The average molecular weight is 571 g/mol. The number of likely N-dealkylation sites (N-methyl/N-ethyl adjacent to an activating group) is 1. The first kappa shape index (κ1) is 30.4. The Bertz CT molecular complexity index is 1410. The topological polar surface area (TPSA) is 104 Å². The lowest BCUT2D eigenvalue weighted by atomic mass is 10.0. The van der Waals surface area contributed by atoms with Crippen molar-refractivity contribution < 1.29 is 8.42 Å². The second-order valence-corrected chi connectivity index (χ2v) is 13.1. The van der Waals surface area contributed by atoms with Crippen molar-refractivity contribution in [2.45, 2.75) is 95.9 Å². The fourth-order valence-corrected chi connectivity index (χ4v) is 7.01. The van der Waals surface area contributed by atoms with Crippen molar-refractivity contribution >= 4 is 21.1 Å². The maximum absolute atomic E-state index is 13.3. The van der Waals surface area contributed by atoms with Gasteiger partial charge >= 0.3 is 0 Å². The van der Waals surface area contributed by atoms with Gasteiger partial charge in [-0.05, 0) is 44.0 Å². The molecule has 0 amide bonds. The summed E-state index contributed by atoms with van der Waals surface area (Å²) in [6.07, 6.45) is 9.91. The summed E-state index contributed by atoms with van der Waals surface area (Å²) in [5.41, 5.74) is 2.24. The Morgan fingerprint density at radius 2 is 1.65 bits per heavy atom. The average Bonchev–Trinajstić information content (AvgIpc) is 3.29. The molecule has 1 atom stereocenters. The van der Waals surface area contributed by atoms with Crippen LogP contribution in [0.15, 0.2) is 34.0 Å². The fraction of sp³-hybridized carbons (Fsp3) is 0.633. The lowest BCUT2D eigenvalue weighted by molar-refractivity contribution is 0.222. The number of aromatic amines is 1. The van der Waals surface area contributed by atoms with Crippen LogP contribution in [0.3, 0.4) is 0 Å². The van der Waals surface area contributed by atoms with Crippen LogP contribution < -0.4 is 5.56 Å². The third kappa shape index (κ3) is 7.01. The van der Waals surface area contributed by atoms with Crippen molar-refractivity contribution in [1.29, 1.82) is 0 Å². The summed E-state index contributed by atoms with van der Waals surface area (Å²) in [7, 11) is -1.52. The van der Waals surface area contributed by atoms with Crippen LogP contribution in [0, 0.1) is 0 Å². The van der Waals surface area contributed by atoms with Gasteiger partial charge in [0, 0.05) is 32.6 Å². The summed E-state index contributed by atoms with van der Waals surface area (Å²) < 4.78 is 29.8. The molecule has 1 aromatic carbocycles. The van der Waals surface area contributed by atoms with Gasteiger partial charge in [-0.25, -0.2) is 18.1 Å². The largest absolute Gasteiger partial charge is 0.310 e. The summed E-state index contributed by atoms with van der Waals surface area (Å²) >= 11 is 0. The van der Waals surface area contributed by atoms with Crippen LogP contribution >= 0.6 is 0 Å². The number of fused-ring (bicyclic) bond motifs is 1. The van der Waals surface area contributed by atoms with Crippen LogP contribution in [0.5, 0.6) is 0 Å². The first-order valence-corrected chi connectivity index (χ1v) is 16.5. The van der Waals surface area contributed by atoms with Gasteiger partial charge < -0.3 is 9.88 Å². The molecule has 3 aromatic rings. The standard InChI is InChI=1S/C30H46N6O3S/c1-5-8-9-10-13-24(11-6-2)36-29-28(26(33-36)12-7-3)30(37)32-27(31-29)22-23-14-16-25(17-15-23)40(38,39)35-20-18-34(4)19-21-35/h14-17,24H,5-13,18-22H2,1-4H3,(H,31,32,37). The number of rotatable bonds is 14. The second-order valence-electron chi connectivity index (χ2n) is 11.2. The minimum absolute atomic E-state index is 0.148. The summed E-state index contributed by atoms with van der Waals surface area (Å²) in [6.45, 7) is 8.97. The van der Waals surface area contributed by atoms with Crippen LogP contribution in [-0.2, 0) is 22.9 Å². The highest BCUT2D eigenvalue weighted by atomic mass is 32.2. The lowest BCUT2D eigenvalue weighted by Gasteiger charge is -2.31. The predicted octanol–water partition coefficient (Wildman–Crippen LogP) is 4.91. The van der Waals surface area contributed by atoms with Gasteiger partial charge in [-0.15, -0.1) is 0 Å². The van der Waals surface area contributed by atoms with Crippen LogP contribution in [0.4, 0.5) is 0 Å². The lowest BCUT2D eigenvalue weighted by Crippen LogP contribution is -2.46. The molecule has 220 valence electrons. The molecule has 1 N–H and O–H groups in total. The number of hydrogen-bond donors (Lipinski definition) is 1. The highest BCUT2D eigenvalue weighted by Gasteiger charge is 2.27. The Morgan fingerprint density at radius 3 is 2.30 bits per heavy atom. The molecule has 40 heavy (non-hydrogen) atoms. The van der Waals surface area contributed by atoms with Gasteiger partial charge in [0.2, 0.25) is 10.0 Å². The zero-order valence-electron chi connectivity index (χ0n) is 24.7. The molecule has 2 aromatic heterocycles. The zero-order chi connectivity index (χ0) is 28.7. The first-order chi connectivity index (χ1) is 19.3. The van der Waals surface area contributed by atoms with E-state index in [1.54, 1.807) is 16.4 Å². The molecular weight excluding hydrogens is 524 g/mol. The maximum atomic E-state index is 13.3. The van der Waals surface area contributed by atoms with Gasteiger partial charge in [-0.3, -0.25) is 4.79 Å². The molecule has 0 saturated carbocycles. The van der Waals surface area contributed by atoms with E-state index in [1.807, 2.05) is 23.9 Å². The number of H-pyrrole nitrogens is 1. The summed E-state index contributed by atoms with van der Waals surface area (Å²) in [5, 5.41) is 5.56. The number of aryl methyl sites for hydroxylation is 1. The molecule has 0 spiro atoms. The Hall–Kier alpha value is -2.56. The molecule has 0 bridgehead atoms. The summed E-state index contributed by atoms with van der Waals surface area (Å²) in [4.78, 5) is 23.7. The number of hydrogen-bond acceptors (Lipinski definition) is 6. The quantitative estimate of drug-likeness (QED) is 0.276. The Labute approximate surface area is 239 Å². The minimum Gasteiger partial charge on any atom is -0.310 e. The number of nitrogens with one attached hydrogen (secondary N) is 1. The molecule has 9 nitrogen and oxygen atoms in total. The highest BCUT2D eigenvalue weighted by Crippen LogP contribution is 2.27. The van der Waals surface area contributed by atoms with E-state index in [4.69, 9.17) is 10.1 Å². The summed E-state index contributed by atoms with van der Waals surface area (Å²) in [6, 6.07) is 7.19. The van der Waals surface area contributed by atoms with E-state index in [2.05, 4.69) is 30.7 Å². The molecule has 1 saturated heterocycles. The van der Waals surface area contributed by atoms with E-state index in [1.165, 1.54) is 19.3 Å². The highest BCUT2D eigenvalue weighted by molar-refractivity contribution is 7.89. The molecule has 1 unspecified atom stereocenters. The molecule has 0 radical (unpaired) electrons. The zero-order valence-corrected chi connectivity index (χ0v) is 25.5. The number of piperazine rings is 1. The van der Waals surface area contributed by atoms with Gasteiger partial charge in [-0.2, -0.15) is 9.40 Å². The number of nitrogens with zero attached hydrogens (tertiary/aromatic N) is 5. The fourth-order valence-electron chi connectivity index (χ4n) is 5.59. The monoisotopic (exact) mass is 570 g/mol. The molecular formula is C30H46N6O3S. The number of aromatic nitrogens is 4. The van der Waals surface area contributed by atoms with Crippen LogP contribution in [0.25, 0.3) is 11.0 Å². The normalized spacial score (nSPS) is 16.1. The minimum atomic E-state index is -3.52. The van der Waals surface area contributed by atoms with Crippen molar-refractivity contribution in [3.05, 3.63) is 51.7 Å². The molecule has 3 heterocycles. The molecule has 0 aliphatic carbocycles. The van der Waals surface area contributed by atoms with Crippen molar-refractivity contribution in [2.24, 2.45) is 0 Å².